The number of ether oxygens (including phenoxy) is 3. The largest absolute Gasteiger partial charge is 0.462 e. The number of carbonyl (C=O) groups excluding carboxylic acids is 2. The lowest BCUT2D eigenvalue weighted by Crippen LogP contribution is -2.36. The Kier molecular flexibility index (Phi) is 9.24. The molecule has 198 valence electrons. The number of rotatable bonds is 9. The molecule has 0 spiro atoms. The SMILES string of the molecule is CCOC(=O)C1=C(C(=O)OCC)C(CSC#N)(c2ccc(-c3ccccc3)cc2)OC1=NC1CCCCC1. The molecular formula is C30H32N2O5S. The maximum absolute atomic E-state index is 13.5. The topological polar surface area (TPSA) is 98.0 Å². The molecule has 7 nitrogen and oxygen atoms in total. The fraction of sp³-hybridized carbons (Fsp3) is 0.400. The third-order valence-corrected chi connectivity index (χ3v) is 7.45. The van der Waals surface area contributed by atoms with Crippen LogP contribution in [0.15, 0.2) is 70.7 Å². The van der Waals surface area contributed by atoms with E-state index in [4.69, 9.17) is 19.2 Å². The smallest absolute Gasteiger partial charge is 0.344 e. The van der Waals surface area contributed by atoms with E-state index in [0.717, 1.165) is 55.0 Å². The van der Waals surface area contributed by atoms with Gasteiger partial charge in [0.15, 0.2) is 5.60 Å². The van der Waals surface area contributed by atoms with E-state index in [1.807, 2.05) is 54.6 Å². The van der Waals surface area contributed by atoms with Crippen molar-refractivity contribution in [3.63, 3.8) is 0 Å². The molecule has 1 fully saturated rings. The Morgan fingerprint density at radius 3 is 2.24 bits per heavy atom. The summed E-state index contributed by atoms with van der Waals surface area (Å²) in [4.78, 5) is 31.7. The number of hydrogen-bond acceptors (Lipinski definition) is 8. The fourth-order valence-corrected chi connectivity index (χ4v) is 5.63. The zero-order valence-corrected chi connectivity index (χ0v) is 22.6. The van der Waals surface area contributed by atoms with Crippen molar-refractivity contribution in [3.8, 4) is 16.5 Å². The summed E-state index contributed by atoms with van der Waals surface area (Å²) in [7, 11) is 0. The number of aliphatic imine (C=N–C) groups is 1. The highest BCUT2D eigenvalue weighted by Crippen LogP contribution is 2.46. The summed E-state index contributed by atoms with van der Waals surface area (Å²) in [5, 5.41) is 11.6. The average molecular weight is 533 g/mol. The molecule has 0 amide bonds. The number of hydrogen-bond donors (Lipinski definition) is 0. The summed E-state index contributed by atoms with van der Waals surface area (Å²) >= 11 is 0.946. The Bertz CT molecular complexity index is 1240. The van der Waals surface area contributed by atoms with Gasteiger partial charge in [0.2, 0.25) is 5.90 Å². The zero-order valence-electron chi connectivity index (χ0n) is 21.8. The normalized spacial score (nSPS) is 20.6. The zero-order chi connectivity index (χ0) is 27.0. The third-order valence-electron chi connectivity index (χ3n) is 6.77. The molecule has 1 atom stereocenters. The second kappa shape index (κ2) is 12.8. The monoisotopic (exact) mass is 532 g/mol. The van der Waals surface area contributed by atoms with Gasteiger partial charge in [0.05, 0.1) is 25.0 Å². The van der Waals surface area contributed by atoms with Crippen LogP contribution in [-0.4, -0.2) is 42.8 Å². The average Bonchev–Trinajstić information content (AvgIpc) is 3.28. The molecule has 38 heavy (non-hydrogen) atoms. The predicted octanol–water partition coefficient (Wildman–Crippen LogP) is 5.95. The minimum absolute atomic E-state index is 0.0125. The summed E-state index contributed by atoms with van der Waals surface area (Å²) in [6, 6.07) is 17.5. The number of benzene rings is 2. The van der Waals surface area contributed by atoms with Crippen molar-refractivity contribution in [3.05, 3.63) is 71.3 Å². The first-order valence-corrected chi connectivity index (χ1v) is 14.1. The molecule has 1 aliphatic carbocycles. The first kappa shape index (κ1) is 27.5. The Balaban J connectivity index is 1.90. The van der Waals surface area contributed by atoms with Crippen LogP contribution in [0.25, 0.3) is 11.1 Å². The molecule has 1 aliphatic heterocycles. The van der Waals surface area contributed by atoms with E-state index in [0.29, 0.717) is 5.56 Å². The Morgan fingerprint density at radius 2 is 1.61 bits per heavy atom. The lowest BCUT2D eigenvalue weighted by molar-refractivity contribution is -0.142. The van der Waals surface area contributed by atoms with Gasteiger partial charge >= 0.3 is 11.9 Å². The molecular weight excluding hydrogens is 500 g/mol. The Morgan fingerprint density at radius 1 is 0.974 bits per heavy atom. The highest BCUT2D eigenvalue weighted by Gasteiger charge is 2.54. The minimum atomic E-state index is -1.45. The number of nitrogens with zero attached hydrogens (tertiary/aromatic N) is 2. The highest BCUT2D eigenvalue weighted by atomic mass is 32.2. The summed E-state index contributed by atoms with van der Waals surface area (Å²) < 4.78 is 17.4. The van der Waals surface area contributed by atoms with E-state index < -0.39 is 17.5 Å². The number of carbonyl (C=O) groups is 2. The van der Waals surface area contributed by atoms with Crippen molar-refractivity contribution < 1.29 is 23.8 Å². The quantitative estimate of drug-likeness (QED) is 0.291. The van der Waals surface area contributed by atoms with Crippen LogP contribution in [0.2, 0.25) is 0 Å². The molecule has 1 heterocycles. The van der Waals surface area contributed by atoms with E-state index in [1.165, 1.54) is 0 Å². The van der Waals surface area contributed by atoms with Crippen LogP contribution in [0.4, 0.5) is 0 Å². The number of thiocyanates is 1. The van der Waals surface area contributed by atoms with Gasteiger partial charge in [-0.15, -0.1) is 0 Å². The Hall–Kier alpha value is -3.57. The van der Waals surface area contributed by atoms with Gasteiger partial charge in [-0.2, -0.15) is 5.26 Å². The summed E-state index contributed by atoms with van der Waals surface area (Å²) in [6.07, 6.45) is 4.99. The second-order valence-corrected chi connectivity index (χ2v) is 9.93. The summed E-state index contributed by atoms with van der Waals surface area (Å²) in [6.45, 7) is 3.65. The van der Waals surface area contributed by atoms with Gasteiger partial charge in [-0.3, -0.25) is 0 Å². The first-order valence-electron chi connectivity index (χ1n) is 13.1. The third kappa shape index (κ3) is 5.78. The van der Waals surface area contributed by atoms with Crippen LogP contribution in [0.5, 0.6) is 0 Å². The van der Waals surface area contributed by atoms with Crippen LogP contribution >= 0.6 is 11.8 Å². The molecule has 0 radical (unpaired) electrons. The van der Waals surface area contributed by atoms with Crippen molar-refractivity contribution in [1.82, 2.24) is 0 Å². The van der Waals surface area contributed by atoms with Gasteiger partial charge in [0.1, 0.15) is 16.5 Å². The van der Waals surface area contributed by atoms with Crippen LogP contribution < -0.4 is 0 Å². The van der Waals surface area contributed by atoms with Crippen molar-refractivity contribution in [2.24, 2.45) is 4.99 Å². The van der Waals surface area contributed by atoms with E-state index in [2.05, 4.69) is 5.40 Å². The molecule has 0 N–H and O–H groups in total. The van der Waals surface area contributed by atoms with E-state index in [9.17, 15) is 14.9 Å². The van der Waals surface area contributed by atoms with Crippen LogP contribution in [0.3, 0.4) is 0 Å². The van der Waals surface area contributed by atoms with Crippen molar-refractivity contribution in [1.29, 1.82) is 5.26 Å². The van der Waals surface area contributed by atoms with Crippen molar-refractivity contribution >= 4 is 29.6 Å². The molecule has 2 aliphatic rings. The standard InChI is InChI=1S/C30H32N2O5S/c1-3-35-28(33)25-26(29(34)36-4-2)30(19-38-20-31,37-27(25)32-24-13-9-6-10-14-24)23-17-15-22(16-18-23)21-11-7-5-8-12-21/h5,7-8,11-12,15-18,24H,3-4,6,9-10,13-14,19H2,1-2H3. The molecule has 1 saturated carbocycles. The van der Waals surface area contributed by atoms with Gasteiger partial charge in [0, 0.05) is 5.56 Å². The van der Waals surface area contributed by atoms with E-state index in [1.54, 1.807) is 13.8 Å². The summed E-state index contributed by atoms with van der Waals surface area (Å²) in [5.41, 5.74) is 1.22. The van der Waals surface area contributed by atoms with Gasteiger partial charge in [-0.1, -0.05) is 73.9 Å². The van der Waals surface area contributed by atoms with Crippen LogP contribution in [-0.2, 0) is 29.4 Å². The Labute approximate surface area is 227 Å². The molecule has 0 aromatic heterocycles. The van der Waals surface area contributed by atoms with Gasteiger partial charge < -0.3 is 14.2 Å². The maximum atomic E-state index is 13.5. The lowest BCUT2D eigenvalue weighted by atomic mass is 9.85. The fourth-order valence-electron chi connectivity index (χ4n) is 4.99. The molecule has 0 bridgehead atoms. The summed E-state index contributed by atoms with van der Waals surface area (Å²) in [5.74, 6) is -1.22. The van der Waals surface area contributed by atoms with Crippen LogP contribution in [0.1, 0.15) is 51.5 Å². The molecule has 8 heteroatoms. The van der Waals surface area contributed by atoms with Gasteiger partial charge in [-0.05, 0) is 49.6 Å². The molecule has 2 aromatic carbocycles. The molecule has 4 rings (SSSR count). The molecule has 2 aromatic rings. The van der Waals surface area contributed by atoms with E-state index >= 15 is 0 Å². The second-order valence-electron chi connectivity index (χ2n) is 9.17. The lowest BCUT2D eigenvalue weighted by Gasteiger charge is -2.30. The highest BCUT2D eigenvalue weighted by molar-refractivity contribution is 8.03. The van der Waals surface area contributed by atoms with Crippen molar-refractivity contribution in [2.45, 2.75) is 57.6 Å². The predicted molar refractivity (Wildman–Crippen MR) is 147 cm³/mol. The number of thioether (sulfide) groups is 1. The molecule has 1 unspecified atom stereocenters. The number of nitriles is 1. The van der Waals surface area contributed by atoms with Crippen LogP contribution in [0, 0.1) is 10.7 Å². The van der Waals surface area contributed by atoms with Gasteiger partial charge in [-0.25, -0.2) is 14.6 Å². The minimum Gasteiger partial charge on any atom is -0.462 e. The van der Waals surface area contributed by atoms with Crippen molar-refractivity contribution in [2.75, 3.05) is 19.0 Å². The maximum Gasteiger partial charge on any atom is 0.344 e. The first-order chi connectivity index (χ1) is 18.5. The van der Waals surface area contributed by atoms with Gasteiger partial charge in [0.25, 0.3) is 0 Å². The molecule has 0 saturated heterocycles. The number of esters is 2. The van der Waals surface area contributed by atoms with E-state index in [-0.39, 0.29) is 42.1 Å².